The number of carbonyl (C=O) groups excluding carboxylic acids is 1. The Morgan fingerprint density at radius 3 is 2.90 bits per heavy atom. The van der Waals surface area contributed by atoms with Gasteiger partial charge in [-0.1, -0.05) is 11.3 Å². The van der Waals surface area contributed by atoms with Gasteiger partial charge < -0.3 is 14.5 Å². The normalized spacial score (nSPS) is 29.4. The molecule has 3 rings (SSSR count). The summed E-state index contributed by atoms with van der Waals surface area (Å²) in [6.07, 6.45) is 1.78. The fourth-order valence-corrected chi connectivity index (χ4v) is 3.69. The van der Waals surface area contributed by atoms with E-state index in [0.29, 0.717) is 5.92 Å². The zero-order valence-corrected chi connectivity index (χ0v) is 12.9. The first-order valence-corrected chi connectivity index (χ1v) is 7.78. The summed E-state index contributed by atoms with van der Waals surface area (Å²) in [6.45, 7) is 3.75. The van der Waals surface area contributed by atoms with Crippen LogP contribution in [0.25, 0.3) is 0 Å². The predicted octanol–water partition coefficient (Wildman–Crippen LogP) is 0.919. The van der Waals surface area contributed by atoms with Gasteiger partial charge in [0.1, 0.15) is 11.1 Å². The third-order valence-corrected chi connectivity index (χ3v) is 4.95. The molecule has 1 amide bonds. The van der Waals surface area contributed by atoms with Gasteiger partial charge in [-0.25, -0.2) is 0 Å². The van der Waals surface area contributed by atoms with Crippen LogP contribution in [0.15, 0.2) is 0 Å². The van der Waals surface area contributed by atoms with Crippen LogP contribution >= 0.6 is 11.3 Å². The number of aryl methyl sites for hydroxylation is 1. The lowest BCUT2D eigenvalue weighted by atomic mass is 9.92. The van der Waals surface area contributed by atoms with Gasteiger partial charge in [0.2, 0.25) is 5.13 Å². The summed E-state index contributed by atoms with van der Waals surface area (Å²) in [7, 11) is 3.56. The van der Waals surface area contributed by atoms with Crippen LogP contribution in [0.3, 0.4) is 0 Å². The molecule has 2 saturated heterocycles. The first kappa shape index (κ1) is 13.8. The number of anilines is 1. The van der Waals surface area contributed by atoms with Gasteiger partial charge in [0.05, 0.1) is 6.10 Å². The molecule has 2 aliphatic rings. The largest absolute Gasteiger partial charge is 0.363 e. The zero-order chi connectivity index (χ0) is 14.3. The number of hydrogen-bond acceptors (Lipinski definition) is 6. The molecule has 1 aromatic heterocycles. The van der Waals surface area contributed by atoms with Gasteiger partial charge in [-0.3, -0.25) is 4.79 Å². The molecule has 3 atom stereocenters. The SMILES string of the molecule is Cc1nnc(N2CC[C@@H]3C[C@@H](C(=O)N(C)C)O[C@H]3C2)s1. The Kier molecular flexibility index (Phi) is 3.64. The van der Waals surface area contributed by atoms with E-state index in [1.165, 1.54) is 0 Å². The van der Waals surface area contributed by atoms with Gasteiger partial charge >= 0.3 is 0 Å². The molecule has 0 bridgehead atoms. The second-order valence-corrected chi connectivity index (χ2v) is 6.89. The average molecular weight is 296 g/mol. The second kappa shape index (κ2) is 5.29. The smallest absolute Gasteiger partial charge is 0.251 e. The average Bonchev–Trinajstić information content (AvgIpc) is 3.02. The van der Waals surface area contributed by atoms with E-state index < -0.39 is 0 Å². The van der Waals surface area contributed by atoms with E-state index >= 15 is 0 Å². The molecule has 2 fully saturated rings. The number of nitrogens with zero attached hydrogens (tertiary/aromatic N) is 4. The van der Waals surface area contributed by atoms with Crippen LogP contribution in [0.2, 0.25) is 0 Å². The lowest BCUT2D eigenvalue weighted by Gasteiger charge is -2.33. The van der Waals surface area contributed by atoms with Gasteiger partial charge in [-0.15, -0.1) is 10.2 Å². The molecule has 6 nitrogen and oxygen atoms in total. The molecule has 0 N–H and O–H groups in total. The Balaban J connectivity index is 1.65. The number of carbonyl (C=O) groups is 1. The Bertz CT molecular complexity index is 504. The number of hydrogen-bond donors (Lipinski definition) is 0. The van der Waals surface area contributed by atoms with E-state index in [1.54, 1.807) is 30.3 Å². The number of amides is 1. The van der Waals surface area contributed by atoms with Gasteiger partial charge in [-0.05, 0) is 25.7 Å². The summed E-state index contributed by atoms with van der Waals surface area (Å²) in [5, 5.41) is 10.2. The predicted molar refractivity (Wildman–Crippen MR) is 76.9 cm³/mol. The molecule has 2 aliphatic heterocycles. The number of ether oxygens (including phenoxy) is 1. The minimum atomic E-state index is -0.267. The van der Waals surface area contributed by atoms with Crippen molar-refractivity contribution in [3.8, 4) is 0 Å². The highest BCUT2D eigenvalue weighted by atomic mass is 32.1. The third-order valence-electron chi connectivity index (χ3n) is 4.05. The van der Waals surface area contributed by atoms with Gasteiger partial charge in [-0.2, -0.15) is 0 Å². The highest BCUT2D eigenvalue weighted by Crippen LogP contribution is 2.35. The molecule has 0 radical (unpaired) electrons. The van der Waals surface area contributed by atoms with E-state index in [9.17, 15) is 4.79 Å². The van der Waals surface area contributed by atoms with E-state index in [0.717, 1.165) is 36.1 Å². The highest BCUT2D eigenvalue weighted by Gasteiger charge is 2.42. The van der Waals surface area contributed by atoms with E-state index in [4.69, 9.17) is 4.74 Å². The molecule has 0 aliphatic carbocycles. The standard InChI is InChI=1S/C13H20N4O2S/c1-8-14-15-13(20-8)17-5-4-9-6-10(12(18)16(2)3)19-11(9)7-17/h9-11H,4-7H2,1-3H3/t9-,10+,11+/m1/s1. The lowest BCUT2D eigenvalue weighted by molar-refractivity contribution is -0.140. The van der Waals surface area contributed by atoms with E-state index in [-0.39, 0.29) is 18.1 Å². The summed E-state index contributed by atoms with van der Waals surface area (Å²) in [5.41, 5.74) is 0. The Morgan fingerprint density at radius 2 is 2.25 bits per heavy atom. The van der Waals surface area contributed by atoms with Crippen molar-refractivity contribution in [2.45, 2.75) is 32.0 Å². The molecule has 0 saturated carbocycles. The van der Waals surface area contributed by atoms with Crippen LogP contribution < -0.4 is 4.90 Å². The Hall–Kier alpha value is -1.21. The molecule has 110 valence electrons. The van der Waals surface area contributed by atoms with Crippen molar-refractivity contribution in [3.05, 3.63) is 5.01 Å². The molecule has 0 unspecified atom stereocenters. The van der Waals surface area contributed by atoms with Crippen molar-refractivity contribution in [2.24, 2.45) is 5.92 Å². The van der Waals surface area contributed by atoms with Crippen LogP contribution in [0.5, 0.6) is 0 Å². The van der Waals surface area contributed by atoms with E-state index in [1.807, 2.05) is 6.92 Å². The first-order chi connectivity index (χ1) is 9.54. The zero-order valence-electron chi connectivity index (χ0n) is 12.1. The van der Waals surface area contributed by atoms with Crippen molar-refractivity contribution >= 4 is 22.4 Å². The van der Waals surface area contributed by atoms with E-state index in [2.05, 4.69) is 15.1 Å². The fourth-order valence-electron chi connectivity index (χ4n) is 2.97. The van der Waals surface area contributed by atoms with Crippen LogP contribution in [0.1, 0.15) is 17.8 Å². The van der Waals surface area contributed by atoms with Crippen LogP contribution in [-0.2, 0) is 9.53 Å². The fraction of sp³-hybridized carbons (Fsp3) is 0.769. The third kappa shape index (κ3) is 2.52. The lowest BCUT2D eigenvalue weighted by Crippen LogP contribution is -2.42. The summed E-state index contributed by atoms with van der Waals surface area (Å²) >= 11 is 1.61. The Labute approximate surface area is 122 Å². The van der Waals surface area contributed by atoms with Crippen molar-refractivity contribution in [1.82, 2.24) is 15.1 Å². The molecular weight excluding hydrogens is 276 g/mol. The highest BCUT2D eigenvalue weighted by molar-refractivity contribution is 7.15. The van der Waals surface area contributed by atoms with Crippen molar-refractivity contribution in [2.75, 3.05) is 32.1 Å². The number of fused-ring (bicyclic) bond motifs is 1. The second-order valence-electron chi connectivity index (χ2n) is 5.73. The minimum absolute atomic E-state index is 0.0812. The van der Waals surface area contributed by atoms with Crippen molar-refractivity contribution in [1.29, 1.82) is 0 Å². The monoisotopic (exact) mass is 296 g/mol. The minimum Gasteiger partial charge on any atom is -0.363 e. The molecule has 20 heavy (non-hydrogen) atoms. The first-order valence-electron chi connectivity index (χ1n) is 6.96. The quantitative estimate of drug-likeness (QED) is 0.812. The van der Waals surface area contributed by atoms with Gasteiger partial charge in [0.25, 0.3) is 5.91 Å². The molecule has 0 aromatic carbocycles. The van der Waals surface area contributed by atoms with Crippen molar-refractivity contribution < 1.29 is 9.53 Å². The number of piperidine rings is 1. The molecular formula is C13H20N4O2S. The molecule has 7 heteroatoms. The number of likely N-dealkylation sites (N-methyl/N-ethyl adjacent to an activating group) is 1. The number of aromatic nitrogens is 2. The summed E-state index contributed by atoms with van der Waals surface area (Å²) in [4.78, 5) is 15.9. The summed E-state index contributed by atoms with van der Waals surface area (Å²) in [6, 6.07) is 0. The maximum Gasteiger partial charge on any atom is 0.251 e. The Morgan fingerprint density at radius 1 is 1.45 bits per heavy atom. The maximum absolute atomic E-state index is 12.0. The van der Waals surface area contributed by atoms with Crippen LogP contribution in [0.4, 0.5) is 5.13 Å². The maximum atomic E-state index is 12.0. The molecule has 3 heterocycles. The summed E-state index contributed by atoms with van der Waals surface area (Å²) < 4.78 is 5.97. The van der Waals surface area contributed by atoms with Gasteiger partial charge in [0.15, 0.2) is 0 Å². The topological polar surface area (TPSA) is 58.6 Å². The molecule has 0 spiro atoms. The van der Waals surface area contributed by atoms with Crippen LogP contribution in [-0.4, -0.2) is 60.4 Å². The van der Waals surface area contributed by atoms with Crippen molar-refractivity contribution in [3.63, 3.8) is 0 Å². The van der Waals surface area contributed by atoms with Crippen LogP contribution in [0, 0.1) is 12.8 Å². The number of rotatable bonds is 2. The summed E-state index contributed by atoms with van der Waals surface area (Å²) in [5.74, 6) is 0.576. The molecule has 1 aromatic rings. The van der Waals surface area contributed by atoms with Gasteiger partial charge in [0, 0.05) is 27.2 Å².